The normalized spacial score (nSPS) is 11.0. The highest BCUT2D eigenvalue weighted by atomic mass is 16.5. The average Bonchev–Trinajstić information content (AvgIpc) is 3.23. The van der Waals surface area contributed by atoms with Crippen LogP contribution in [0, 0.1) is 6.92 Å². The van der Waals surface area contributed by atoms with Crippen LogP contribution in [0.15, 0.2) is 45.7 Å². The summed E-state index contributed by atoms with van der Waals surface area (Å²) in [6, 6.07) is 9.38. The summed E-state index contributed by atoms with van der Waals surface area (Å²) in [5.41, 5.74) is 2.82. The number of methoxy groups -OCH3 is 3. The Morgan fingerprint density at radius 3 is 2.58 bits per heavy atom. The number of benzene rings is 2. The molecule has 4 rings (SSSR count). The van der Waals surface area contributed by atoms with Crippen LogP contribution in [-0.2, 0) is 17.6 Å². The molecule has 0 saturated heterocycles. The summed E-state index contributed by atoms with van der Waals surface area (Å²) in [7, 11) is 4.63. The van der Waals surface area contributed by atoms with Gasteiger partial charge in [0.15, 0.2) is 11.3 Å². The van der Waals surface area contributed by atoms with Crippen molar-refractivity contribution in [2.45, 2.75) is 19.8 Å². The smallest absolute Gasteiger partial charge is 0.340 e. The van der Waals surface area contributed by atoms with E-state index in [1.807, 2.05) is 24.4 Å². The largest absolute Gasteiger partial charge is 0.497 e. The number of ether oxygens (including phenoxy) is 3. The third-order valence-electron chi connectivity index (χ3n) is 5.83. The standard InChI is InChI=1S/C25H26N2O6/c1-14-17-7-8-21(31-3)24(32-4)23(17)33-25(29)19(14)12-22(28)26-10-9-15-13-27-20-11-16(30-2)5-6-18(15)20/h5-8,11,13,27H,9-10,12H2,1-4H3,(H,26,28). The van der Waals surface area contributed by atoms with Gasteiger partial charge >= 0.3 is 5.63 Å². The molecular formula is C25H26N2O6. The van der Waals surface area contributed by atoms with Crippen molar-refractivity contribution < 1.29 is 23.4 Å². The van der Waals surface area contributed by atoms with Gasteiger partial charge in [-0.3, -0.25) is 4.79 Å². The molecule has 0 fully saturated rings. The lowest BCUT2D eigenvalue weighted by atomic mass is 10.0. The summed E-state index contributed by atoms with van der Waals surface area (Å²) in [5, 5.41) is 4.68. The summed E-state index contributed by atoms with van der Waals surface area (Å²) in [4.78, 5) is 28.5. The van der Waals surface area contributed by atoms with Crippen molar-refractivity contribution in [3.05, 3.63) is 63.6 Å². The zero-order chi connectivity index (χ0) is 23.5. The van der Waals surface area contributed by atoms with E-state index in [1.165, 1.54) is 14.2 Å². The fourth-order valence-corrected chi connectivity index (χ4v) is 4.03. The van der Waals surface area contributed by atoms with Gasteiger partial charge in [0.25, 0.3) is 0 Å². The Kier molecular flexibility index (Phi) is 6.26. The summed E-state index contributed by atoms with van der Waals surface area (Å²) in [6.45, 7) is 2.24. The molecule has 0 aliphatic carbocycles. The van der Waals surface area contributed by atoms with Gasteiger partial charge < -0.3 is 28.9 Å². The number of carbonyl (C=O) groups is 1. The Labute approximate surface area is 190 Å². The highest BCUT2D eigenvalue weighted by molar-refractivity contribution is 5.90. The van der Waals surface area contributed by atoms with Crippen LogP contribution in [0.2, 0.25) is 0 Å². The number of aromatic nitrogens is 1. The van der Waals surface area contributed by atoms with Crippen LogP contribution in [0.3, 0.4) is 0 Å². The van der Waals surface area contributed by atoms with Crippen LogP contribution in [0.25, 0.3) is 21.9 Å². The number of aromatic amines is 1. The molecule has 1 amide bonds. The zero-order valence-electron chi connectivity index (χ0n) is 19.0. The van der Waals surface area contributed by atoms with E-state index in [4.69, 9.17) is 18.6 Å². The van der Waals surface area contributed by atoms with E-state index in [2.05, 4.69) is 10.3 Å². The maximum atomic E-state index is 12.7. The van der Waals surface area contributed by atoms with Crippen LogP contribution < -0.4 is 25.2 Å². The van der Waals surface area contributed by atoms with E-state index in [0.717, 1.165) is 22.2 Å². The number of aryl methyl sites for hydroxylation is 1. The van der Waals surface area contributed by atoms with Gasteiger partial charge in [0.05, 0.1) is 33.3 Å². The van der Waals surface area contributed by atoms with E-state index in [1.54, 1.807) is 26.2 Å². The topological polar surface area (TPSA) is 103 Å². The summed E-state index contributed by atoms with van der Waals surface area (Å²) in [6.07, 6.45) is 2.52. The molecule has 0 aliphatic rings. The highest BCUT2D eigenvalue weighted by Gasteiger charge is 2.19. The number of rotatable bonds is 8. The van der Waals surface area contributed by atoms with Crippen LogP contribution in [0.5, 0.6) is 17.2 Å². The monoisotopic (exact) mass is 450 g/mol. The Balaban J connectivity index is 1.47. The van der Waals surface area contributed by atoms with Gasteiger partial charge in [0.1, 0.15) is 5.75 Å². The lowest BCUT2D eigenvalue weighted by Crippen LogP contribution is -2.29. The molecule has 4 aromatic rings. The van der Waals surface area contributed by atoms with E-state index in [0.29, 0.717) is 46.6 Å². The first kappa shape index (κ1) is 22.3. The van der Waals surface area contributed by atoms with Crippen molar-refractivity contribution in [1.82, 2.24) is 10.3 Å². The molecule has 33 heavy (non-hydrogen) atoms. The average molecular weight is 450 g/mol. The molecule has 0 atom stereocenters. The van der Waals surface area contributed by atoms with Gasteiger partial charge in [-0.2, -0.15) is 0 Å². The van der Waals surface area contributed by atoms with E-state index < -0.39 is 5.63 Å². The second-order valence-electron chi connectivity index (χ2n) is 7.67. The van der Waals surface area contributed by atoms with Crippen molar-refractivity contribution >= 4 is 27.8 Å². The Morgan fingerprint density at radius 2 is 1.85 bits per heavy atom. The van der Waals surface area contributed by atoms with Crippen molar-refractivity contribution in [2.75, 3.05) is 27.9 Å². The second-order valence-corrected chi connectivity index (χ2v) is 7.67. The number of amides is 1. The number of hydrogen-bond acceptors (Lipinski definition) is 6. The maximum Gasteiger partial charge on any atom is 0.340 e. The van der Waals surface area contributed by atoms with Gasteiger partial charge in [0.2, 0.25) is 11.7 Å². The van der Waals surface area contributed by atoms with Crippen molar-refractivity contribution in [3.63, 3.8) is 0 Å². The molecule has 2 aromatic heterocycles. The fraction of sp³-hybridized carbons (Fsp3) is 0.280. The number of nitrogens with one attached hydrogen (secondary N) is 2. The summed E-state index contributed by atoms with van der Waals surface area (Å²) >= 11 is 0. The van der Waals surface area contributed by atoms with Gasteiger partial charge in [-0.25, -0.2) is 4.79 Å². The Morgan fingerprint density at radius 1 is 1.06 bits per heavy atom. The van der Waals surface area contributed by atoms with Crippen molar-refractivity contribution in [3.8, 4) is 17.2 Å². The quantitative estimate of drug-likeness (QED) is 0.398. The Bertz CT molecular complexity index is 1390. The SMILES string of the molecule is COc1ccc2c(CCNC(=O)Cc3c(C)c4ccc(OC)c(OC)c4oc3=O)c[nH]c2c1. The molecule has 8 nitrogen and oxygen atoms in total. The molecule has 0 unspecified atom stereocenters. The first-order valence-electron chi connectivity index (χ1n) is 10.5. The predicted octanol–water partition coefficient (Wildman–Crippen LogP) is 3.51. The van der Waals surface area contributed by atoms with Gasteiger partial charge in [0, 0.05) is 35.1 Å². The van der Waals surface area contributed by atoms with Crippen molar-refractivity contribution in [1.29, 1.82) is 0 Å². The lowest BCUT2D eigenvalue weighted by molar-refractivity contribution is -0.120. The minimum atomic E-state index is -0.563. The number of fused-ring (bicyclic) bond motifs is 2. The molecule has 0 bridgehead atoms. The van der Waals surface area contributed by atoms with Crippen LogP contribution in [-0.4, -0.2) is 38.8 Å². The fourth-order valence-electron chi connectivity index (χ4n) is 4.03. The minimum Gasteiger partial charge on any atom is -0.497 e. The minimum absolute atomic E-state index is 0.0659. The number of carbonyl (C=O) groups excluding carboxylic acids is 1. The summed E-state index contributed by atoms with van der Waals surface area (Å²) < 4.78 is 21.4. The number of H-pyrrole nitrogens is 1. The molecule has 0 spiro atoms. The first-order valence-corrected chi connectivity index (χ1v) is 10.5. The van der Waals surface area contributed by atoms with E-state index in [9.17, 15) is 9.59 Å². The molecule has 0 aliphatic heterocycles. The maximum absolute atomic E-state index is 12.7. The van der Waals surface area contributed by atoms with Gasteiger partial charge in [-0.15, -0.1) is 0 Å². The molecule has 2 N–H and O–H groups in total. The van der Waals surface area contributed by atoms with Crippen LogP contribution in [0.1, 0.15) is 16.7 Å². The molecule has 2 aromatic carbocycles. The van der Waals surface area contributed by atoms with Gasteiger partial charge in [-0.1, -0.05) is 0 Å². The second kappa shape index (κ2) is 9.28. The predicted molar refractivity (Wildman–Crippen MR) is 126 cm³/mol. The zero-order valence-corrected chi connectivity index (χ0v) is 19.0. The Hall–Kier alpha value is -3.94. The molecule has 0 saturated carbocycles. The third-order valence-corrected chi connectivity index (χ3v) is 5.83. The molecule has 8 heteroatoms. The molecule has 0 radical (unpaired) electrons. The highest BCUT2D eigenvalue weighted by Crippen LogP contribution is 2.36. The summed E-state index contributed by atoms with van der Waals surface area (Å²) in [5.74, 6) is 1.35. The van der Waals surface area contributed by atoms with Crippen LogP contribution >= 0.6 is 0 Å². The van der Waals surface area contributed by atoms with Gasteiger partial charge in [-0.05, 0) is 48.7 Å². The molecule has 172 valence electrons. The molecule has 2 heterocycles. The number of hydrogen-bond donors (Lipinski definition) is 2. The lowest BCUT2D eigenvalue weighted by Gasteiger charge is -2.13. The first-order chi connectivity index (χ1) is 16.0. The molecular weight excluding hydrogens is 424 g/mol. The van der Waals surface area contributed by atoms with Crippen molar-refractivity contribution in [2.24, 2.45) is 0 Å². The van der Waals surface area contributed by atoms with E-state index in [-0.39, 0.29) is 12.3 Å². The third kappa shape index (κ3) is 4.24. The van der Waals surface area contributed by atoms with Crippen LogP contribution in [0.4, 0.5) is 0 Å². The van der Waals surface area contributed by atoms with E-state index >= 15 is 0 Å².